The molecule has 0 aromatic heterocycles. The minimum Gasteiger partial charge on any atom is -0.487 e. The average Bonchev–Trinajstić information content (AvgIpc) is 3.24. The maximum absolute atomic E-state index is 11.0. The summed E-state index contributed by atoms with van der Waals surface area (Å²) in [7, 11) is 0. The van der Waals surface area contributed by atoms with Crippen molar-refractivity contribution in [1.29, 1.82) is 5.26 Å². The van der Waals surface area contributed by atoms with E-state index >= 15 is 0 Å². The number of nitrogens with one attached hydrogen (secondary N) is 1. The number of hydrogen-bond acceptors (Lipinski definition) is 5. The summed E-state index contributed by atoms with van der Waals surface area (Å²) in [6.45, 7) is 3.88. The van der Waals surface area contributed by atoms with Crippen LogP contribution in [-0.4, -0.2) is 23.1 Å². The van der Waals surface area contributed by atoms with E-state index in [-0.39, 0.29) is 18.0 Å². The summed E-state index contributed by atoms with van der Waals surface area (Å²) < 4.78 is 5.52. The van der Waals surface area contributed by atoms with Gasteiger partial charge in [-0.3, -0.25) is 15.4 Å². The van der Waals surface area contributed by atoms with E-state index in [9.17, 15) is 15.4 Å². The zero-order chi connectivity index (χ0) is 15.5. The van der Waals surface area contributed by atoms with Crippen LogP contribution in [0.2, 0.25) is 0 Å². The van der Waals surface area contributed by atoms with Gasteiger partial charge in [-0.25, -0.2) is 0 Å². The van der Waals surface area contributed by atoms with Gasteiger partial charge in [-0.05, 0) is 38.3 Å². The van der Waals surface area contributed by atoms with E-state index in [0.29, 0.717) is 12.5 Å². The van der Waals surface area contributed by atoms with E-state index in [4.69, 9.17) is 4.74 Å². The molecule has 1 aliphatic carbocycles. The molecule has 1 aromatic rings. The Morgan fingerprint density at radius 3 is 2.86 bits per heavy atom. The van der Waals surface area contributed by atoms with Gasteiger partial charge in [0.1, 0.15) is 5.54 Å². The number of ether oxygens (including phenoxy) is 1. The lowest BCUT2D eigenvalue weighted by atomic mass is 10.0. The van der Waals surface area contributed by atoms with E-state index in [2.05, 4.69) is 11.4 Å². The second-order valence-electron chi connectivity index (χ2n) is 5.69. The van der Waals surface area contributed by atoms with E-state index in [1.165, 1.54) is 6.07 Å². The molecule has 1 N–H and O–H groups in total. The molecule has 0 bridgehead atoms. The molecular weight excluding hydrogens is 270 g/mol. The Morgan fingerprint density at radius 1 is 1.57 bits per heavy atom. The topological polar surface area (TPSA) is 88.2 Å². The molecule has 0 heterocycles. The van der Waals surface area contributed by atoms with Crippen LogP contribution in [0.3, 0.4) is 0 Å². The van der Waals surface area contributed by atoms with Crippen LogP contribution >= 0.6 is 0 Å². The highest BCUT2D eigenvalue weighted by molar-refractivity contribution is 5.48. The quantitative estimate of drug-likeness (QED) is 0.616. The lowest BCUT2D eigenvalue weighted by Gasteiger charge is -2.23. The van der Waals surface area contributed by atoms with Crippen molar-refractivity contribution in [2.75, 3.05) is 6.61 Å². The Labute approximate surface area is 123 Å². The molecule has 112 valence electrons. The van der Waals surface area contributed by atoms with Crippen LogP contribution in [-0.2, 0) is 0 Å². The Kier molecular flexibility index (Phi) is 4.43. The summed E-state index contributed by atoms with van der Waals surface area (Å²) in [6.07, 6.45) is 2.67. The molecule has 1 aliphatic rings. The molecule has 6 nitrogen and oxygen atoms in total. The van der Waals surface area contributed by atoms with Crippen LogP contribution < -0.4 is 10.1 Å². The minimum atomic E-state index is -0.652. The van der Waals surface area contributed by atoms with Gasteiger partial charge >= 0.3 is 5.69 Å². The van der Waals surface area contributed by atoms with Crippen LogP contribution in [0.1, 0.15) is 31.7 Å². The molecule has 1 saturated carbocycles. The summed E-state index contributed by atoms with van der Waals surface area (Å²) in [5, 5.41) is 23.5. The van der Waals surface area contributed by atoms with E-state index in [1.54, 1.807) is 19.1 Å². The predicted molar refractivity (Wildman–Crippen MR) is 78.1 cm³/mol. The van der Waals surface area contributed by atoms with Gasteiger partial charge in [-0.2, -0.15) is 5.26 Å². The highest BCUT2D eigenvalue weighted by atomic mass is 16.6. The van der Waals surface area contributed by atoms with Gasteiger partial charge in [0, 0.05) is 18.5 Å². The maximum atomic E-state index is 11.0. The van der Waals surface area contributed by atoms with Gasteiger partial charge in [-0.15, -0.1) is 0 Å². The Bertz CT molecular complexity index is 578. The molecule has 21 heavy (non-hydrogen) atoms. The Morgan fingerprint density at radius 2 is 2.29 bits per heavy atom. The number of nitriles is 1. The third kappa shape index (κ3) is 4.17. The summed E-state index contributed by atoms with van der Waals surface area (Å²) in [6, 6.07) is 7.54. The number of nitro benzene ring substituents is 1. The van der Waals surface area contributed by atoms with Gasteiger partial charge < -0.3 is 4.74 Å². The number of aryl methyl sites for hydroxylation is 1. The van der Waals surface area contributed by atoms with Gasteiger partial charge in [0.15, 0.2) is 5.75 Å². The number of nitrogens with zero attached hydrogens (tertiary/aromatic N) is 2. The molecule has 6 heteroatoms. The number of rotatable bonds is 7. The van der Waals surface area contributed by atoms with Gasteiger partial charge in [-0.1, -0.05) is 6.07 Å². The summed E-state index contributed by atoms with van der Waals surface area (Å²) in [5.74, 6) is 0.248. The van der Waals surface area contributed by atoms with Crippen molar-refractivity contribution in [1.82, 2.24) is 5.32 Å². The molecule has 0 radical (unpaired) electrons. The average molecular weight is 289 g/mol. The fourth-order valence-corrected chi connectivity index (χ4v) is 2.10. The van der Waals surface area contributed by atoms with Crippen molar-refractivity contribution in [3.8, 4) is 11.8 Å². The first-order valence-electron chi connectivity index (χ1n) is 7.00. The molecule has 1 unspecified atom stereocenters. The fraction of sp³-hybridized carbons (Fsp3) is 0.533. The van der Waals surface area contributed by atoms with Gasteiger partial charge in [0.05, 0.1) is 17.6 Å². The molecule has 0 saturated heterocycles. The SMILES string of the molecule is Cc1ccc(OCCC(C)(C#N)NC2CC2)c([N+](=O)[O-])c1. The monoisotopic (exact) mass is 289 g/mol. The maximum Gasteiger partial charge on any atom is 0.311 e. The molecule has 2 rings (SSSR count). The first-order chi connectivity index (χ1) is 9.93. The largest absolute Gasteiger partial charge is 0.487 e. The molecule has 0 aliphatic heterocycles. The molecule has 1 fully saturated rings. The van der Waals surface area contributed by atoms with Crippen LogP contribution in [0.4, 0.5) is 5.69 Å². The van der Waals surface area contributed by atoms with Crippen molar-refractivity contribution in [2.24, 2.45) is 0 Å². The number of nitro groups is 1. The number of hydrogen-bond donors (Lipinski definition) is 1. The number of benzene rings is 1. The second-order valence-corrected chi connectivity index (χ2v) is 5.69. The van der Waals surface area contributed by atoms with E-state index in [1.807, 2.05) is 6.92 Å². The van der Waals surface area contributed by atoms with Crippen molar-refractivity contribution in [3.05, 3.63) is 33.9 Å². The van der Waals surface area contributed by atoms with Crippen LogP contribution in [0.15, 0.2) is 18.2 Å². The Hall–Kier alpha value is -2.13. The van der Waals surface area contributed by atoms with Gasteiger partial charge in [0.25, 0.3) is 0 Å². The molecule has 1 atom stereocenters. The highest BCUT2D eigenvalue weighted by Gasteiger charge is 2.32. The van der Waals surface area contributed by atoms with Crippen LogP contribution in [0.25, 0.3) is 0 Å². The first kappa shape index (κ1) is 15.3. The van der Waals surface area contributed by atoms with Crippen LogP contribution in [0, 0.1) is 28.4 Å². The lowest BCUT2D eigenvalue weighted by molar-refractivity contribution is -0.385. The van der Waals surface area contributed by atoms with Gasteiger partial charge in [0.2, 0.25) is 0 Å². The summed E-state index contributed by atoms with van der Waals surface area (Å²) >= 11 is 0. The standard InChI is InChI=1S/C15H19N3O3/c1-11-3-6-14(13(9-11)18(19)20)21-8-7-15(2,10-16)17-12-4-5-12/h3,6,9,12,17H,4-5,7-8H2,1-2H3. The zero-order valence-corrected chi connectivity index (χ0v) is 12.3. The highest BCUT2D eigenvalue weighted by Crippen LogP contribution is 2.29. The molecule has 0 spiro atoms. The smallest absolute Gasteiger partial charge is 0.311 e. The van der Waals surface area contributed by atoms with Crippen molar-refractivity contribution in [2.45, 2.75) is 44.7 Å². The molecule has 0 amide bonds. The predicted octanol–water partition coefficient (Wildman–Crippen LogP) is 2.71. The first-order valence-corrected chi connectivity index (χ1v) is 7.00. The zero-order valence-electron chi connectivity index (χ0n) is 12.3. The van der Waals surface area contributed by atoms with E-state index < -0.39 is 10.5 Å². The van der Waals surface area contributed by atoms with Crippen LogP contribution in [0.5, 0.6) is 5.75 Å². The van der Waals surface area contributed by atoms with Crippen molar-refractivity contribution in [3.63, 3.8) is 0 Å². The summed E-state index contributed by atoms with van der Waals surface area (Å²) in [5.41, 5.74) is 0.121. The Balaban J connectivity index is 1.96. The van der Waals surface area contributed by atoms with Crippen molar-refractivity contribution >= 4 is 5.69 Å². The second kappa shape index (κ2) is 6.10. The normalized spacial score (nSPS) is 16.8. The fourth-order valence-electron chi connectivity index (χ4n) is 2.10. The van der Waals surface area contributed by atoms with E-state index in [0.717, 1.165) is 18.4 Å². The van der Waals surface area contributed by atoms with Crippen molar-refractivity contribution < 1.29 is 9.66 Å². The third-order valence-electron chi connectivity index (χ3n) is 3.52. The molecular formula is C15H19N3O3. The minimum absolute atomic E-state index is 0.0381. The summed E-state index contributed by atoms with van der Waals surface area (Å²) in [4.78, 5) is 10.6. The molecule has 1 aromatic carbocycles. The third-order valence-corrected chi connectivity index (χ3v) is 3.52. The lowest BCUT2D eigenvalue weighted by Crippen LogP contribution is -2.43.